The minimum Gasteiger partial charge on any atom is -0.378 e. The highest BCUT2D eigenvalue weighted by atomic mass is 35.5. The number of para-hydroxylation sites is 1. The molecule has 1 aliphatic rings. The number of piperazine rings is 1. The second kappa shape index (κ2) is 11.2. The molecule has 1 fully saturated rings. The molecule has 4 rings (SSSR count). The maximum atomic E-state index is 13.3. The van der Waals surface area contributed by atoms with Gasteiger partial charge in [-0.05, 0) is 66.9 Å². The van der Waals surface area contributed by atoms with E-state index in [0.717, 1.165) is 43.0 Å². The second-order valence-corrected chi connectivity index (χ2v) is 11.7. The Morgan fingerprint density at radius 3 is 2.17 bits per heavy atom. The van der Waals surface area contributed by atoms with Crippen molar-refractivity contribution in [2.24, 2.45) is 0 Å². The summed E-state index contributed by atoms with van der Waals surface area (Å²) in [5, 5.41) is 0.571. The molecular formula is C28H35ClN4O2S. The van der Waals surface area contributed by atoms with Crippen molar-refractivity contribution in [2.45, 2.75) is 24.8 Å². The molecule has 1 atom stereocenters. The van der Waals surface area contributed by atoms with Gasteiger partial charge in [0.1, 0.15) is 0 Å². The lowest BCUT2D eigenvalue weighted by Gasteiger charge is -2.40. The quantitative estimate of drug-likeness (QED) is 0.454. The van der Waals surface area contributed by atoms with Gasteiger partial charge in [-0.25, -0.2) is 13.1 Å². The van der Waals surface area contributed by atoms with Crippen molar-refractivity contribution in [1.29, 1.82) is 0 Å². The Hall–Kier alpha value is -2.58. The van der Waals surface area contributed by atoms with E-state index in [4.69, 9.17) is 11.6 Å². The molecule has 1 aliphatic heterocycles. The molecule has 3 aromatic carbocycles. The first kappa shape index (κ1) is 26.5. The highest BCUT2D eigenvalue weighted by Gasteiger charge is 2.28. The van der Waals surface area contributed by atoms with Gasteiger partial charge < -0.3 is 9.80 Å². The fraction of sp³-hybridized carbons (Fsp3) is 0.357. The van der Waals surface area contributed by atoms with Crippen LogP contribution in [0, 0.1) is 13.8 Å². The van der Waals surface area contributed by atoms with Crippen LogP contribution in [0.4, 0.5) is 11.4 Å². The highest BCUT2D eigenvalue weighted by Crippen LogP contribution is 2.28. The van der Waals surface area contributed by atoms with Gasteiger partial charge in [0, 0.05) is 69.3 Å². The van der Waals surface area contributed by atoms with Crippen LogP contribution < -0.4 is 14.5 Å². The van der Waals surface area contributed by atoms with Crippen molar-refractivity contribution < 1.29 is 8.42 Å². The largest absolute Gasteiger partial charge is 0.378 e. The molecule has 192 valence electrons. The van der Waals surface area contributed by atoms with E-state index in [1.54, 1.807) is 19.1 Å². The summed E-state index contributed by atoms with van der Waals surface area (Å²) in [7, 11) is 0.326. The fourth-order valence-corrected chi connectivity index (χ4v) is 6.26. The molecule has 1 N–H and O–H groups in total. The molecule has 0 bridgehead atoms. The Balaban J connectivity index is 1.55. The van der Waals surface area contributed by atoms with Crippen LogP contribution in [0.25, 0.3) is 0 Å². The van der Waals surface area contributed by atoms with E-state index in [-0.39, 0.29) is 17.5 Å². The molecule has 0 amide bonds. The van der Waals surface area contributed by atoms with E-state index in [0.29, 0.717) is 10.6 Å². The number of sulfonamides is 1. The average Bonchev–Trinajstić information content (AvgIpc) is 2.87. The van der Waals surface area contributed by atoms with Gasteiger partial charge >= 0.3 is 0 Å². The summed E-state index contributed by atoms with van der Waals surface area (Å²) in [6, 6.07) is 22.1. The maximum Gasteiger partial charge on any atom is 0.240 e. The van der Waals surface area contributed by atoms with Gasteiger partial charge in [-0.2, -0.15) is 0 Å². The topological polar surface area (TPSA) is 55.9 Å². The Bertz CT molecular complexity index is 1270. The molecule has 1 heterocycles. The third-order valence-corrected chi connectivity index (χ3v) is 8.86. The van der Waals surface area contributed by atoms with Gasteiger partial charge in [-0.15, -0.1) is 0 Å². The van der Waals surface area contributed by atoms with Crippen molar-refractivity contribution in [3.8, 4) is 0 Å². The molecule has 1 unspecified atom stereocenters. The molecule has 36 heavy (non-hydrogen) atoms. The van der Waals surface area contributed by atoms with Crippen LogP contribution in [0.3, 0.4) is 0 Å². The number of hydrogen-bond acceptors (Lipinski definition) is 5. The minimum absolute atomic E-state index is 0.0809. The second-order valence-electron chi connectivity index (χ2n) is 9.58. The molecular weight excluding hydrogens is 492 g/mol. The minimum atomic E-state index is -3.70. The van der Waals surface area contributed by atoms with Crippen molar-refractivity contribution in [1.82, 2.24) is 9.62 Å². The zero-order valence-electron chi connectivity index (χ0n) is 21.4. The zero-order chi connectivity index (χ0) is 25.9. The Labute approximate surface area is 220 Å². The summed E-state index contributed by atoms with van der Waals surface area (Å²) < 4.78 is 29.6. The van der Waals surface area contributed by atoms with Crippen LogP contribution in [0.5, 0.6) is 0 Å². The molecule has 0 spiro atoms. The lowest BCUT2D eigenvalue weighted by molar-refractivity contribution is 0.187. The number of halogens is 1. The molecule has 0 aliphatic carbocycles. The van der Waals surface area contributed by atoms with Crippen LogP contribution >= 0.6 is 11.6 Å². The standard InChI is InChI=1S/C28H35ClN4O2S/c1-21-19-28(22(2)18-26(21)29)36(34,35)30-20-27(23-10-12-24(13-11-23)31(3)4)33-16-14-32(15-17-33)25-8-6-5-7-9-25/h5-13,18-19,27,30H,14-17,20H2,1-4H3. The summed E-state index contributed by atoms with van der Waals surface area (Å²) in [6.45, 7) is 7.35. The lowest BCUT2D eigenvalue weighted by atomic mass is 10.0. The monoisotopic (exact) mass is 526 g/mol. The first-order valence-electron chi connectivity index (χ1n) is 12.2. The van der Waals surface area contributed by atoms with Crippen molar-refractivity contribution in [3.63, 3.8) is 0 Å². The number of benzene rings is 3. The summed E-state index contributed by atoms with van der Waals surface area (Å²) >= 11 is 6.21. The van der Waals surface area contributed by atoms with E-state index in [9.17, 15) is 8.42 Å². The SMILES string of the molecule is Cc1cc(S(=O)(=O)NCC(c2ccc(N(C)C)cc2)N2CCN(c3ccccc3)CC2)c(C)cc1Cl. The number of hydrogen-bond donors (Lipinski definition) is 1. The summed E-state index contributed by atoms with van der Waals surface area (Å²) in [5.41, 5.74) is 4.81. The predicted molar refractivity (Wildman–Crippen MR) is 150 cm³/mol. The highest BCUT2D eigenvalue weighted by molar-refractivity contribution is 7.89. The Kier molecular flexibility index (Phi) is 8.25. The molecule has 0 saturated carbocycles. The van der Waals surface area contributed by atoms with Gasteiger partial charge in [-0.1, -0.05) is 41.9 Å². The third kappa shape index (κ3) is 6.03. The smallest absolute Gasteiger partial charge is 0.240 e. The van der Waals surface area contributed by atoms with Gasteiger partial charge in [-0.3, -0.25) is 4.90 Å². The Morgan fingerprint density at radius 1 is 0.917 bits per heavy atom. The van der Waals surface area contributed by atoms with Crippen LogP contribution in [0.15, 0.2) is 71.6 Å². The molecule has 3 aromatic rings. The van der Waals surface area contributed by atoms with E-state index < -0.39 is 10.0 Å². The first-order chi connectivity index (χ1) is 17.2. The number of nitrogens with one attached hydrogen (secondary N) is 1. The first-order valence-corrected chi connectivity index (χ1v) is 14.1. The van der Waals surface area contributed by atoms with E-state index in [1.807, 2.05) is 27.1 Å². The fourth-order valence-electron chi connectivity index (χ4n) is 4.69. The van der Waals surface area contributed by atoms with Gasteiger partial charge in [0.2, 0.25) is 10.0 Å². The Morgan fingerprint density at radius 2 is 1.56 bits per heavy atom. The number of aryl methyl sites for hydroxylation is 2. The summed E-state index contributed by atoms with van der Waals surface area (Å²) in [6.07, 6.45) is 0. The molecule has 6 nitrogen and oxygen atoms in total. The van der Waals surface area contributed by atoms with Crippen LogP contribution in [-0.2, 0) is 10.0 Å². The number of anilines is 2. The van der Waals surface area contributed by atoms with E-state index in [1.165, 1.54) is 5.69 Å². The van der Waals surface area contributed by atoms with Gasteiger partial charge in [0.25, 0.3) is 0 Å². The number of nitrogens with zero attached hydrogens (tertiary/aromatic N) is 3. The third-order valence-electron chi connectivity index (χ3n) is 6.88. The molecule has 8 heteroatoms. The molecule has 1 saturated heterocycles. The number of rotatable bonds is 8. The molecule has 0 radical (unpaired) electrons. The average molecular weight is 527 g/mol. The van der Waals surface area contributed by atoms with Crippen LogP contribution in [-0.4, -0.2) is 60.1 Å². The van der Waals surface area contributed by atoms with Gasteiger partial charge in [0.15, 0.2) is 0 Å². The predicted octanol–water partition coefficient (Wildman–Crippen LogP) is 4.86. The lowest BCUT2D eigenvalue weighted by Crippen LogP contribution is -2.50. The molecule has 0 aromatic heterocycles. The summed E-state index contributed by atoms with van der Waals surface area (Å²) in [4.78, 5) is 7.10. The maximum absolute atomic E-state index is 13.3. The van der Waals surface area contributed by atoms with Crippen molar-refractivity contribution >= 4 is 33.0 Å². The van der Waals surface area contributed by atoms with Gasteiger partial charge in [0.05, 0.1) is 4.90 Å². The van der Waals surface area contributed by atoms with E-state index in [2.05, 4.69) is 68.0 Å². The normalized spacial score (nSPS) is 15.6. The zero-order valence-corrected chi connectivity index (χ0v) is 23.0. The van der Waals surface area contributed by atoms with E-state index >= 15 is 0 Å². The van der Waals surface area contributed by atoms with Crippen LogP contribution in [0.2, 0.25) is 5.02 Å². The van der Waals surface area contributed by atoms with Crippen molar-refractivity contribution in [2.75, 3.05) is 56.6 Å². The van der Waals surface area contributed by atoms with Crippen LogP contribution in [0.1, 0.15) is 22.7 Å². The summed E-state index contributed by atoms with van der Waals surface area (Å²) in [5.74, 6) is 0. The van der Waals surface area contributed by atoms with Crippen molar-refractivity contribution in [3.05, 3.63) is 88.4 Å².